The molecule has 0 spiro atoms. The molecule has 2 amide bonds. The number of aryl methyl sites for hydroxylation is 2. The molecule has 0 radical (unpaired) electrons. The van der Waals surface area contributed by atoms with E-state index in [9.17, 15) is 14.4 Å². The van der Waals surface area contributed by atoms with Crippen molar-refractivity contribution in [3.8, 4) is 5.88 Å². The summed E-state index contributed by atoms with van der Waals surface area (Å²) in [7, 11) is 0. The number of carbonyl (C=O) groups excluding carboxylic acids is 3. The molecule has 1 aromatic heterocycles. The smallest absolute Gasteiger partial charge is 0.344 e. The zero-order valence-electron chi connectivity index (χ0n) is 15.3. The van der Waals surface area contributed by atoms with Crippen molar-refractivity contribution in [3.63, 3.8) is 0 Å². The molecule has 9 nitrogen and oxygen atoms in total. The Kier molecular flexibility index (Phi) is 6.93. The third kappa shape index (κ3) is 6.46. The molecular weight excluding hydrogens is 354 g/mol. The molecule has 0 saturated heterocycles. The van der Waals surface area contributed by atoms with E-state index < -0.39 is 25.1 Å². The average Bonchev–Trinajstić information content (AvgIpc) is 3.05. The molecule has 27 heavy (non-hydrogen) atoms. The van der Waals surface area contributed by atoms with Crippen LogP contribution in [0.2, 0.25) is 0 Å². The highest BCUT2D eigenvalue weighted by Crippen LogP contribution is 2.17. The minimum Gasteiger partial charge on any atom is -0.463 e. The molecule has 0 saturated carbocycles. The zero-order valence-corrected chi connectivity index (χ0v) is 15.3. The lowest BCUT2D eigenvalue weighted by atomic mass is 10.1. The largest absolute Gasteiger partial charge is 0.463 e. The topological polar surface area (TPSA) is 120 Å². The van der Waals surface area contributed by atoms with Gasteiger partial charge in [0.1, 0.15) is 5.76 Å². The van der Waals surface area contributed by atoms with Gasteiger partial charge in [-0.2, -0.15) is 0 Å². The van der Waals surface area contributed by atoms with Crippen LogP contribution in [-0.2, 0) is 19.1 Å². The Morgan fingerprint density at radius 1 is 1.11 bits per heavy atom. The summed E-state index contributed by atoms with van der Waals surface area (Å²) in [5, 5.41) is 8.64. The standard InChI is InChI=1S/C18H21N3O6/c1-11-5-4-6-14(13(11)3)20-15(22)8-19-16(23)9-26-18(24)10-25-17-7-12(2)27-21-17/h4-7H,8-10H2,1-3H3,(H,19,23)(H,20,22). The maximum atomic E-state index is 11.9. The predicted molar refractivity (Wildman–Crippen MR) is 95.2 cm³/mol. The lowest BCUT2D eigenvalue weighted by Crippen LogP contribution is -2.36. The third-order valence-electron chi connectivity index (χ3n) is 3.63. The van der Waals surface area contributed by atoms with Crippen LogP contribution in [0.5, 0.6) is 5.88 Å². The Hall–Kier alpha value is -3.36. The first-order valence-corrected chi connectivity index (χ1v) is 8.19. The number of benzene rings is 1. The summed E-state index contributed by atoms with van der Waals surface area (Å²) >= 11 is 0. The first-order valence-electron chi connectivity index (χ1n) is 8.19. The number of hydrogen-bond acceptors (Lipinski definition) is 7. The number of amides is 2. The number of hydrogen-bond donors (Lipinski definition) is 2. The number of ether oxygens (including phenoxy) is 2. The molecule has 0 unspecified atom stereocenters. The van der Waals surface area contributed by atoms with Crippen molar-refractivity contribution in [2.24, 2.45) is 0 Å². The molecule has 0 bridgehead atoms. The van der Waals surface area contributed by atoms with E-state index >= 15 is 0 Å². The van der Waals surface area contributed by atoms with Crippen LogP contribution < -0.4 is 15.4 Å². The van der Waals surface area contributed by atoms with Crippen LogP contribution in [-0.4, -0.2) is 42.7 Å². The van der Waals surface area contributed by atoms with Crippen molar-refractivity contribution < 1.29 is 28.4 Å². The van der Waals surface area contributed by atoms with Crippen LogP contribution in [0.3, 0.4) is 0 Å². The molecule has 9 heteroatoms. The van der Waals surface area contributed by atoms with Crippen molar-refractivity contribution in [2.45, 2.75) is 20.8 Å². The molecule has 0 fully saturated rings. The first-order chi connectivity index (χ1) is 12.8. The highest BCUT2D eigenvalue weighted by molar-refractivity contribution is 5.95. The minimum absolute atomic E-state index is 0.150. The molecule has 1 aromatic carbocycles. The van der Waals surface area contributed by atoms with Gasteiger partial charge < -0.3 is 24.6 Å². The van der Waals surface area contributed by atoms with Gasteiger partial charge in [-0.1, -0.05) is 12.1 Å². The Morgan fingerprint density at radius 3 is 2.59 bits per heavy atom. The van der Waals surface area contributed by atoms with E-state index in [0.717, 1.165) is 11.1 Å². The maximum Gasteiger partial charge on any atom is 0.344 e. The third-order valence-corrected chi connectivity index (χ3v) is 3.63. The van der Waals surface area contributed by atoms with Crippen molar-refractivity contribution in [1.82, 2.24) is 10.5 Å². The SMILES string of the molecule is Cc1cc(OCC(=O)OCC(=O)NCC(=O)Nc2cccc(C)c2C)no1. The molecule has 0 aliphatic rings. The number of esters is 1. The average molecular weight is 375 g/mol. The lowest BCUT2D eigenvalue weighted by Gasteiger charge is -2.11. The van der Waals surface area contributed by atoms with Gasteiger partial charge in [0.05, 0.1) is 6.54 Å². The van der Waals surface area contributed by atoms with Crippen LogP contribution >= 0.6 is 0 Å². The molecular formula is C18H21N3O6. The Balaban J connectivity index is 1.65. The number of nitrogens with one attached hydrogen (secondary N) is 2. The van der Waals surface area contributed by atoms with Crippen LogP contribution in [0.1, 0.15) is 16.9 Å². The van der Waals surface area contributed by atoms with Crippen LogP contribution in [0, 0.1) is 20.8 Å². The molecule has 1 heterocycles. The fourth-order valence-corrected chi connectivity index (χ4v) is 2.04. The van der Waals surface area contributed by atoms with Gasteiger partial charge in [-0.25, -0.2) is 4.79 Å². The van der Waals surface area contributed by atoms with E-state index in [1.165, 1.54) is 6.07 Å². The van der Waals surface area contributed by atoms with Gasteiger partial charge in [0.25, 0.3) is 11.8 Å². The Labute approximate surface area is 156 Å². The van der Waals surface area contributed by atoms with Gasteiger partial charge in [-0.15, -0.1) is 0 Å². The normalized spacial score (nSPS) is 10.2. The number of rotatable bonds is 8. The highest BCUT2D eigenvalue weighted by Gasteiger charge is 2.12. The minimum atomic E-state index is -0.745. The Bertz CT molecular complexity index is 830. The van der Waals surface area contributed by atoms with E-state index in [1.807, 2.05) is 26.0 Å². The summed E-state index contributed by atoms with van der Waals surface area (Å²) in [5.41, 5.74) is 2.68. The number of aromatic nitrogens is 1. The second-order valence-electron chi connectivity index (χ2n) is 5.80. The van der Waals surface area contributed by atoms with E-state index in [1.54, 1.807) is 13.0 Å². The summed E-state index contributed by atoms with van der Waals surface area (Å²) in [4.78, 5) is 35.1. The summed E-state index contributed by atoms with van der Waals surface area (Å²) in [6.07, 6.45) is 0. The molecule has 0 atom stereocenters. The van der Waals surface area contributed by atoms with E-state index in [2.05, 4.69) is 15.8 Å². The Morgan fingerprint density at radius 2 is 1.89 bits per heavy atom. The van der Waals surface area contributed by atoms with Gasteiger partial charge >= 0.3 is 5.97 Å². The van der Waals surface area contributed by atoms with Crippen molar-refractivity contribution in [1.29, 1.82) is 0 Å². The fourth-order valence-electron chi connectivity index (χ4n) is 2.04. The first kappa shape index (κ1) is 20.0. The fraction of sp³-hybridized carbons (Fsp3) is 0.333. The van der Waals surface area contributed by atoms with Crippen molar-refractivity contribution in [2.75, 3.05) is 25.1 Å². The summed E-state index contributed by atoms with van der Waals surface area (Å²) < 4.78 is 14.6. The zero-order chi connectivity index (χ0) is 19.8. The monoisotopic (exact) mass is 375 g/mol. The second-order valence-corrected chi connectivity index (χ2v) is 5.80. The molecule has 2 aromatic rings. The van der Waals surface area contributed by atoms with Crippen LogP contribution in [0.15, 0.2) is 28.8 Å². The molecule has 2 rings (SSSR count). The quantitative estimate of drug-likeness (QED) is 0.667. The number of carbonyl (C=O) groups is 3. The predicted octanol–water partition coefficient (Wildman–Crippen LogP) is 1.28. The van der Waals surface area contributed by atoms with E-state index in [-0.39, 0.29) is 18.3 Å². The number of anilines is 1. The van der Waals surface area contributed by atoms with Gasteiger partial charge in [-0.3, -0.25) is 9.59 Å². The van der Waals surface area contributed by atoms with Crippen molar-refractivity contribution >= 4 is 23.5 Å². The second kappa shape index (κ2) is 9.37. The van der Waals surface area contributed by atoms with E-state index in [4.69, 9.17) is 14.0 Å². The molecule has 2 N–H and O–H groups in total. The van der Waals surface area contributed by atoms with Crippen LogP contribution in [0.4, 0.5) is 5.69 Å². The van der Waals surface area contributed by atoms with E-state index in [0.29, 0.717) is 11.4 Å². The van der Waals surface area contributed by atoms with Gasteiger partial charge in [-0.05, 0) is 43.1 Å². The summed E-state index contributed by atoms with van der Waals surface area (Å²) in [6, 6.07) is 7.06. The van der Waals surface area contributed by atoms with Gasteiger partial charge in [0.2, 0.25) is 5.91 Å². The molecule has 0 aliphatic heterocycles. The van der Waals surface area contributed by atoms with Gasteiger partial charge in [0, 0.05) is 11.8 Å². The highest BCUT2D eigenvalue weighted by atomic mass is 16.6. The maximum absolute atomic E-state index is 11.9. The molecule has 144 valence electrons. The summed E-state index contributed by atoms with van der Waals surface area (Å²) in [6.45, 7) is 4.35. The van der Waals surface area contributed by atoms with Gasteiger partial charge in [0.15, 0.2) is 13.2 Å². The number of nitrogens with zero attached hydrogens (tertiary/aromatic N) is 1. The van der Waals surface area contributed by atoms with Crippen LogP contribution in [0.25, 0.3) is 0 Å². The van der Waals surface area contributed by atoms with Crippen molar-refractivity contribution in [3.05, 3.63) is 41.2 Å². The summed E-state index contributed by atoms with van der Waals surface area (Å²) in [5.74, 6) is -1.04. The lowest BCUT2D eigenvalue weighted by molar-refractivity contribution is -0.150. The molecule has 0 aliphatic carbocycles.